The molecule has 10 heavy (non-hydrogen) atoms. The number of pyridine rings is 1. The van der Waals surface area contributed by atoms with E-state index in [1.807, 2.05) is 6.07 Å². The zero-order valence-electron chi connectivity index (χ0n) is 5.14. The molecule has 0 aliphatic rings. The SMILES string of the molecule is Nc1cc(Br)cc(CCl)n1. The maximum atomic E-state index is 5.53. The Bertz CT molecular complexity index is 219. The van der Waals surface area contributed by atoms with Gasteiger partial charge in [0, 0.05) is 4.47 Å². The number of rotatable bonds is 1. The van der Waals surface area contributed by atoms with Gasteiger partial charge >= 0.3 is 0 Å². The molecule has 4 heteroatoms. The van der Waals surface area contributed by atoms with Crippen molar-refractivity contribution in [2.45, 2.75) is 5.88 Å². The van der Waals surface area contributed by atoms with Crippen LogP contribution in [0.1, 0.15) is 5.69 Å². The van der Waals surface area contributed by atoms with Gasteiger partial charge in [0.05, 0.1) is 11.6 Å². The summed E-state index contributed by atoms with van der Waals surface area (Å²) in [4.78, 5) is 3.97. The number of nitrogens with two attached hydrogens (primary N) is 1. The highest BCUT2D eigenvalue weighted by Crippen LogP contribution is 2.14. The van der Waals surface area contributed by atoms with E-state index in [2.05, 4.69) is 20.9 Å². The third kappa shape index (κ3) is 1.85. The van der Waals surface area contributed by atoms with Crippen molar-refractivity contribution in [2.75, 3.05) is 5.73 Å². The fraction of sp³-hybridized carbons (Fsp3) is 0.167. The monoisotopic (exact) mass is 220 g/mol. The third-order valence-electron chi connectivity index (χ3n) is 1.000. The molecular formula is C6H6BrClN2. The van der Waals surface area contributed by atoms with Gasteiger partial charge in [-0.2, -0.15) is 0 Å². The smallest absolute Gasteiger partial charge is 0.124 e. The number of anilines is 1. The summed E-state index contributed by atoms with van der Waals surface area (Å²) in [7, 11) is 0. The summed E-state index contributed by atoms with van der Waals surface area (Å²) in [5.74, 6) is 0.883. The number of hydrogen-bond acceptors (Lipinski definition) is 2. The van der Waals surface area contributed by atoms with Crippen LogP contribution in [0.5, 0.6) is 0 Å². The Kier molecular flexibility index (Phi) is 2.51. The second-order valence-electron chi connectivity index (χ2n) is 1.84. The van der Waals surface area contributed by atoms with Crippen molar-refractivity contribution in [1.29, 1.82) is 0 Å². The molecule has 0 amide bonds. The van der Waals surface area contributed by atoms with Crippen LogP contribution >= 0.6 is 27.5 Å². The second-order valence-corrected chi connectivity index (χ2v) is 3.02. The van der Waals surface area contributed by atoms with Crippen LogP contribution in [-0.4, -0.2) is 4.98 Å². The number of halogens is 2. The van der Waals surface area contributed by atoms with Crippen molar-refractivity contribution in [3.8, 4) is 0 Å². The molecule has 0 fully saturated rings. The van der Waals surface area contributed by atoms with Gasteiger partial charge in [0.25, 0.3) is 0 Å². The van der Waals surface area contributed by atoms with Crippen molar-refractivity contribution in [3.05, 3.63) is 22.3 Å². The molecule has 2 nitrogen and oxygen atoms in total. The number of nitrogen functional groups attached to an aromatic ring is 1. The van der Waals surface area contributed by atoms with Gasteiger partial charge in [0.15, 0.2) is 0 Å². The van der Waals surface area contributed by atoms with Crippen LogP contribution in [0.3, 0.4) is 0 Å². The molecule has 0 bridgehead atoms. The van der Waals surface area contributed by atoms with Gasteiger partial charge in [-0.3, -0.25) is 0 Å². The van der Waals surface area contributed by atoms with Crippen molar-refractivity contribution in [2.24, 2.45) is 0 Å². The number of hydrogen-bond donors (Lipinski definition) is 1. The molecule has 0 spiro atoms. The molecule has 2 N–H and O–H groups in total. The molecule has 0 unspecified atom stereocenters. The van der Waals surface area contributed by atoms with Gasteiger partial charge in [0.2, 0.25) is 0 Å². The molecule has 1 aromatic rings. The Hall–Kier alpha value is -0.280. The molecule has 1 rings (SSSR count). The zero-order valence-corrected chi connectivity index (χ0v) is 7.48. The van der Waals surface area contributed by atoms with Crippen molar-refractivity contribution in [1.82, 2.24) is 4.98 Å². The summed E-state index contributed by atoms with van der Waals surface area (Å²) in [6.07, 6.45) is 0. The lowest BCUT2D eigenvalue weighted by Crippen LogP contribution is -1.93. The average molecular weight is 221 g/mol. The maximum absolute atomic E-state index is 5.53. The number of alkyl halides is 1. The van der Waals surface area contributed by atoms with Gasteiger partial charge in [-0.15, -0.1) is 11.6 Å². The molecule has 0 aliphatic carbocycles. The first kappa shape index (κ1) is 7.82. The summed E-state index contributed by atoms with van der Waals surface area (Å²) >= 11 is 8.81. The summed E-state index contributed by atoms with van der Waals surface area (Å²) in [6.45, 7) is 0. The molecule has 0 saturated heterocycles. The first-order chi connectivity index (χ1) is 4.72. The molecule has 0 aromatic carbocycles. The summed E-state index contributed by atoms with van der Waals surface area (Å²) < 4.78 is 0.913. The Morgan fingerprint density at radius 2 is 2.30 bits per heavy atom. The van der Waals surface area contributed by atoms with E-state index in [1.54, 1.807) is 6.07 Å². The molecule has 1 heterocycles. The first-order valence-corrected chi connectivity index (χ1v) is 4.03. The summed E-state index contributed by atoms with van der Waals surface area (Å²) in [5.41, 5.74) is 6.22. The van der Waals surface area contributed by atoms with Crippen LogP contribution in [0.25, 0.3) is 0 Å². The fourth-order valence-corrected chi connectivity index (χ4v) is 1.28. The molecule has 0 aliphatic heterocycles. The van der Waals surface area contributed by atoms with Crippen LogP contribution in [0.2, 0.25) is 0 Å². The maximum Gasteiger partial charge on any atom is 0.124 e. The van der Waals surface area contributed by atoms with Crippen molar-refractivity contribution < 1.29 is 0 Å². The molecule has 1 aromatic heterocycles. The van der Waals surface area contributed by atoms with Crippen molar-refractivity contribution in [3.63, 3.8) is 0 Å². The van der Waals surface area contributed by atoms with Gasteiger partial charge in [-0.1, -0.05) is 15.9 Å². The highest BCUT2D eigenvalue weighted by atomic mass is 79.9. The second kappa shape index (κ2) is 3.21. The number of aromatic nitrogens is 1. The molecular weight excluding hydrogens is 215 g/mol. The zero-order chi connectivity index (χ0) is 7.56. The normalized spacial score (nSPS) is 9.80. The lowest BCUT2D eigenvalue weighted by atomic mass is 10.4. The topological polar surface area (TPSA) is 38.9 Å². The highest BCUT2D eigenvalue weighted by molar-refractivity contribution is 9.10. The molecule has 0 radical (unpaired) electrons. The third-order valence-corrected chi connectivity index (χ3v) is 1.73. The van der Waals surface area contributed by atoms with Crippen LogP contribution in [0.15, 0.2) is 16.6 Å². The largest absolute Gasteiger partial charge is 0.384 e. The first-order valence-electron chi connectivity index (χ1n) is 2.70. The molecule has 54 valence electrons. The number of nitrogens with zero attached hydrogens (tertiary/aromatic N) is 1. The standard InChI is InChI=1S/C6H6BrClN2/c7-4-1-5(3-8)10-6(9)2-4/h1-2H,3H2,(H2,9,10). The van der Waals surface area contributed by atoms with Gasteiger partial charge in [0.1, 0.15) is 5.82 Å². The summed E-state index contributed by atoms with van der Waals surface area (Å²) in [6, 6.07) is 3.57. The van der Waals surface area contributed by atoms with Gasteiger partial charge in [-0.25, -0.2) is 4.98 Å². The predicted molar refractivity (Wildman–Crippen MR) is 45.9 cm³/mol. The quantitative estimate of drug-likeness (QED) is 0.738. The van der Waals surface area contributed by atoms with E-state index in [0.29, 0.717) is 11.7 Å². The highest BCUT2D eigenvalue weighted by Gasteiger charge is 1.95. The Morgan fingerprint density at radius 3 is 2.80 bits per heavy atom. The van der Waals surface area contributed by atoms with E-state index >= 15 is 0 Å². The van der Waals surface area contributed by atoms with Crippen LogP contribution in [-0.2, 0) is 5.88 Å². The Morgan fingerprint density at radius 1 is 1.60 bits per heavy atom. The van der Waals surface area contributed by atoms with Crippen LogP contribution in [0.4, 0.5) is 5.82 Å². The molecule has 0 atom stereocenters. The Balaban J connectivity index is 3.06. The van der Waals surface area contributed by atoms with Gasteiger partial charge in [-0.05, 0) is 12.1 Å². The lowest BCUT2D eigenvalue weighted by Gasteiger charge is -1.97. The van der Waals surface area contributed by atoms with E-state index in [-0.39, 0.29) is 0 Å². The lowest BCUT2D eigenvalue weighted by molar-refractivity contribution is 1.17. The van der Waals surface area contributed by atoms with E-state index in [4.69, 9.17) is 17.3 Å². The minimum atomic E-state index is 0.393. The summed E-state index contributed by atoms with van der Waals surface area (Å²) in [5, 5.41) is 0. The predicted octanol–water partition coefficient (Wildman–Crippen LogP) is 2.17. The Labute approximate surface area is 72.5 Å². The van der Waals surface area contributed by atoms with E-state index in [9.17, 15) is 0 Å². The van der Waals surface area contributed by atoms with E-state index in [1.165, 1.54) is 0 Å². The molecule has 0 saturated carbocycles. The van der Waals surface area contributed by atoms with Crippen LogP contribution in [0, 0.1) is 0 Å². The van der Waals surface area contributed by atoms with Crippen LogP contribution < -0.4 is 5.73 Å². The van der Waals surface area contributed by atoms with Gasteiger partial charge < -0.3 is 5.73 Å². The van der Waals surface area contributed by atoms with E-state index < -0.39 is 0 Å². The minimum Gasteiger partial charge on any atom is -0.384 e. The fourth-order valence-electron chi connectivity index (χ4n) is 0.641. The average Bonchev–Trinajstić information content (AvgIpc) is 1.85. The minimum absolute atomic E-state index is 0.393. The van der Waals surface area contributed by atoms with Crippen molar-refractivity contribution >= 4 is 33.3 Å². The van der Waals surface area contributed by atoms with E-state index in [0.717, 1.165) is 10.2 Å².